The van der Waals surface area contributed by atoms with Crippen molar-refractivity contribution in [3.8, 4) is 11.3 Å². The Morgan fingerprint density at radius 1 is 1.00 bits per heavy atom. The molecule has 0 spiro atoms. The van der Waals surface area contributed by atoms with Gasteiger partial charge in [0.2, 0.25) is 5.96 Å². The first kappa shape index (κ1) is 27.8. The Bertz CT molecular complexity index is 1360. The minimum atomic E-state index is -1.15. The van der Waals surface area contributed by atoms with Gasteiger partial charge in [-0.3, -0.25) is 5.41 Å². The highest BCUT2D eigenvalue weighted by Gasteiger charge is 2.24. The molecule has 3 heterocycles. The van der Waals surface area contributed by atoms with Gasteiger partial charge < -0.3 is 28.9 Å². The van der Waals surface area contributed by atoms with E-state index in [0.29, 0.717) is 45.0 Å². The SMILES string of the molecule is N=C(N1CCOCC1)N(CCCn1c(-c2ccc(N3CCOCC3)cc2)csc1=Nc1ccc(F)cc1)C(=O)O. The molecule has 2 aromatic carbocycles. The summed E-state index contributed by atoms with van der Waals surface area (Å²) in [5, 5.41) is 20.3. The molecule has 40 heavy (non-hydrogen) atoms. The summed E-state index contributed by atoms with van der Waals surface area (Å²) in [5.74, 6) is -0.350. The van der Waals surface area contributed by atoms with E-state index >= 15 is 0 Å². The van der Waals surface area contributed by atoms with Crippen molar-refractivity contribution in [2.24, 2.45) is 4.99 Å². The maximum Gasteiger partial charge on any atom is 0.414 e. The maximum atomic E-state index is 13.5. The largest absolute Gasteiger partial charge is 0.465 e. The number of aromatic nitrogens is 1. The lowest BCUT2D eigenvalue weighted by atomic mass is 10.1. The summed E-state index contributed by atoms with van der Waals surface area (Å²) in [6.45, 7) is 5.75. The van der Waals surface area contributed by atoms with Crippen LogP contribution in [0, 0.1) is 11.2 Å². The van der Waals surface area contributed by atoms with Crippen LogP contribution in [0.15, 0.2) is 58.9 Å². The second-order valence-electron chi connectivity index (χ2n) is 9.50. The molecular weight excluding hydrogens is 535 g/mol. The Morgan fingerprint density at radius 2 is 1.65 bits per heavy atom. The van der Waals surface area contributed by atoms with Crippen molar-refractivity contribution in [2.75, 3.05) is 64.1 Å². The number of nitrogens with zero attached hydrogens (tertiary/aromatic N) is 5. The van der Waals surface area contributed by atoms with Gasteiger partial charge in [0, 0.05) is 50.3 Å². The number of benzene rings is 2. The minimum Gasteiger partial charge on any atom is -0.465 e. The number of halogens is 1. The summed E-state index contributed by atoms with van der Waals surface area (Å²) in [6.07, 6.45) is -0.674. The predicted molar refractivity (Wildman–Crippen MR) is 152 cm³/mol. The number of ether oxygens (including phenoxy) is 2. The summed E-state index contributed by atoms with van der Waals surface area (Å²) in [4.78, 5) is 22.6. The first-order valence-corrected chi connectivity index (χ1v) is 14.2. The Morgan fingerprint density at radius 3 is 2.30 bits per heavy atom. The third-order valence-corrected chi connectivity index (χ3v) is 7.81. The maximum absolute atomic E-state index is 13.5. The Hall–Kier alpha value is -3.74. The van der Waals surface area contributed by atoms with Gasteiger partial charge in [0.1, 0.15) is 5.82 Å². The third-order valence-electron chi connectivity index (χ3n) is 6.95. The molecule has 12 heteroatoms. The first-order chi connectivity index (χ1) is 19.5. The van der Waals surface area contributed by atoms with E-state index in [-0.39, 0.29) is 18.3 Å². The minimum absolute atomic E-state index is 0.0266. The number of anilines is 1. The molecule has 0 atom stereocenters. The van der Waals surface area contributed by atoms with E-state index in [9.17, 15) is 14.3 Å². The Balaban J connectivity index is 1.38. The number of amides is 1. The van der Waals surface area contributed by atoms with Crippen molar-refractivity contribution in [3.63, 3.8) is 0 Å². The molecule has 3 aromatic rings. The number of morpholine rings is 2. The van der Waals surface area contributed by atoms with Crippen LogP contribution in [-0.4, -0.2) is 90.7 Å². The molecule has 2 aliphatic heterocycles. The highest BCUT2D eigenvalue weighted by atomic mass is 32.1. The normalized spacial score (nSPS) is 16.3. The van der Waals surface area contributed by atoms with Crippen LogP contribution in [0.1, 0.15) is 6.42 Å². The van der Waals surface area contributed by atoms with E-state index in [2.05, 4.69) is 33.7 Å². The predicted octanol–water partition coefficient (Wildman–Crippen LogP) is 4.06. The average Bonchev–Trinajstić information content (AvgIpc) is 3.39. The highest BCUT2D eigenvalue weighted by Crippen LogP contribution is 2.25. The van der Waals surface area contributed by atoms with Crippen LogP contribution in [0.25, 0.3) is 11.3 Å². The molecular formula is C28H33FN6O4S. The van der Waals surface area contributed by atoms with Crippen LogP contribution in [0.3, 0.4) is 0 Å². The van der Waals surface area contributed by atoms with Crippen molar-refractivity contribution in [1.29, 1.82) is 5.41 Å². The van der Waals surface area contributed by atoms with E-state index in [1.165, 1.54) is 23.5 Å². The molecule has 0 radical (unpaired) electrons. The van der Waals surface area contributed by atoms with E-state index in [0.717, 1.165) is 52.9 Å². The van der Waals surface area contributed by atoms with E-state index < -0.39 is 6.09 Å². The fraction of sp³-hybridized carbons (Fsp3) is 0.393. The second kappa shape index (κ2) is 13.1. The fourth-order valence-corrected chi connectivity index (χ4v) is 5.74. The van der Waals surface area contributed by atoms with Crippen molar-refractivity contribution >= 4 is 34.8 Å². The molecule has 10 nitrogen and oxygen atoms in total. The molecule has 0 unspecified atom stereocenters. The molecule has 1 aromatic heterocycles. The number of carbonyl (C=O) groups is 1. The standard InChI is InChI=1S/C28H33FN6O4S/c29-22-4-6-23(7-5-22)31-27-34(10-1-11-35(28(36)37)26(30)33-14-18-39-19-15-33)25(20-40-27)21-2-8-24(9-3-21)32-12-16-38-17-13-32/h2-9,20,30H,1,10-19H2,(H,36,37). The van der Waals surface area contributed by atoms with E-state index in [4.69, 9.17) is 19.9 Å². The van der Waals surface area contributed by atoms with Gasteiger partial charge in [0.15, 0.2) is 4.80 Å². The van der Waals surface area contributed by atoms with Crippen molar-refractivity contribution in [1.82, 2.24) is 14.4 Å². The molecule has 2 saturated heterocycles. The van der Waals surface area contributed by atoms with Gasteiger partial charge >= 0.3 is 6.09 Å². The lowest BCUT2D eigenvalue weighted by molar-refractivity contribution is 0.0612. The van der Waals surface area contributed by atoms with Gasteiger partial charge in [-0.05, 0) is 48.4 Å². The van der Waals surface area contributed by atoms with Crippen LogP contribution in [0.4, 0.5) is 20.6 Å². The van der Waals surface area contributed by atoms with E-state index in [1.807, 2.05) is 5.38 Å². The molecule has 0 saturated carbocycles. The summed E-state index contributed by atoms with van der Waals surface area (Å²) < 4.78 is 26.3. The van der Waals surface area contributed by atoms with Gasteiger partial charge in [-0.2, -0.15) is 0 Å². The molecule has 2 N–H and O–H groups in total. The fourth-order valence-electron chi connectivity index (χ4n) is 4.78. The monoisotopic (exact) mass is 568 g/mol. The van der Waals surface area contributed by atoms with Crippen molar-refractivity contribution < 1.29 is 23.8 Å². The van der Waals surface area contributed by atoms with Gasteiger partial charge in [0.05, 0.1) is 37.8 Å². The summed E-state index contributed by atoms with van der Waals surface area (Å²) in [6, 6.07) is 14.4. The topological polar surface area (TPSA) is 107 Å². The van der Waals surface area contributed by atoms with Crippen molar-refractivity contribution in [3.05, 3.63) is 64.5 Å². The zero-order valence-electron chi connectivity index (χ0n) is 22.2. The van der Waals surface area contributed by atoms with Gasteiger partial charge in [0.25, 0.3) is 0 Å². The summed E-state index contributed by atoms with van der Waals surface area (Å²) in [7, 11) is 0. The zero-order valence-corrected chi connectivity index (χ0v) is 23.0. The quantitative estimate of drug-likeness (QED) is 0.329. The average molecular weight is 569 g/mol. The molecule has 0 aliphatic carbocycles. The Kier molecular flexibility index (Phi) is 9.09. The van der Waals surface area contributed by atoms with Crippen LogP contribution in [0.2, 0.25) is 0 Å². The number of rotatable bonds is 7. The molecule has 5 rings (SSSR count). The van der Waals surface area contributed by atoms with Crippen LogP contribution in [0.5, 0.6) is 0 Å². The first-order valence-electron chi connectivity index (χ1n) is 13.3. The number of hydrogen-bond donors (Lipinski definition) is 2. The van der Waals surface area contributed by atoms with E-state index in [1.54, 1.807) is 17.0 Å². The molecule has 212 valence electrons. The van der Waals surface area contributed by atoms with Gasteiger partial charge in [-0.25, -0.2) is 19.1 Å². The molecule has 2 aliphatic rings. The highest BCUT2D eigenvalue weighted by molar-refractivity contribution is 7.07. The van der Waals surface area contributed by atoms with Crippen molar-refractivity contribution in [2.45, 2.75) is 13.0 Å². The molecule has 0 bridgehead atoms. The van der Waals surface area contributed by atoms with Crippen LogP contribution < -0.4 is 9.70 Å². The van der Waals surface area contributed by atoms with Gasteiger partial charge in [-0.15, -0.1) is 11.3 Å². The lowest BCUT2D eigenvalue weighted by Gasteiger charge is -2.33. The third kappa shape index (κ3) is 6.69. The number of guanidine groups is 1. The molecule has 1 amide bonds. The Labute approximate surface area is 236 Å². The zero-order chi connectivity index (χ0) is 27.9. The summed E-state index contributed by atoms with van der Waals surface area (Å²) in [5.41, 5.74) is 3.76. The number of thiazole rings is 1. The smallest absolute Gasteiger partial charge is 0.414 e. The number of hydrogen-bond acceptors (Lipinski definition) is 7. The number of nitrogens with one attached hydrogen (secondary N) is 1. The number of carboxylic acid groups (broad SMARTS) is 1. The molecule has 2 fully saturated rings. The second-order valence-corrected chi connectivity index (χ2v) is 10.3. The van der Waals surface area contributed by atoms with Crippen LogP contribution >= 0.6 is 11.3 Å². The summed E-state index contributed by atoms with van der Waals surface area (Å²) >= 11 is 1.48. The lowest BCUT2D eigenvalue weighted by Crippen LogP contribution is -2.50. The van der Waals surface area contributed by atoms with Crippen LogP contribution in [-0.2, 0) is 16.0 Å². The van der Waals surface area contributed by atoms with Gasteiger partial charge in [-0.1, -0.05) is 12.1 Å².